The lowest BCUT2D eigenvalue weighted by Gasteiger charge is -2.37. The minimum Gasteiger partial charge on any atom is -0.508 e. The molecule has 2 heterocycles. The van der Waals surface area contributed by atoms with Crippen LogP contribution in [0.1, 0.15) is 18.2 Å². The van der Waals surface area contributed by atoms with E-state index in [0.717, 1.165) is 18.1 Å². The van der Waals surface area contributed by atoms with E-state index in [-0.39, 0.29) is 24.9 Å². The Labute approximate surface area is 213 Å². The van der Waals surface area contributed by atoms with Crippen LogP contribution in [0.2, 0.25) is 0 Å². The third-order valence-electron chi connectivity index (χ3n) is 6.10. The van der Waals surface area contributed by atoms with Crippen molar-refractivity contribution in [1.29, 1.82) is 0 Å². The summed E-state index contributed by atoms with van der Waals surface area (Å²) in [6.07, 6.45) is -2.36. The highest BCUT2D eigenvalue weighted by atomic mass is 19.3. The molecule has 1 saturated heterocycles. The maximum absolute atomic E-state index is 13.6. The fourth-order valence-corrected chi connectivity index (χ4v) is 3.98. The number of rotatable bonds is 9. The van der Waals surface area contributed by atoms with E-state index in [1.807, 2.05) is 24.3 Å². The fourth-order valence-electron chi connectivity index (χ4n) is 3.98. The fraction of sp³-hybridized carbons (Fsp3) is 0.286. The number of carbonyl (C=O) groups excluding carboxylic acids is 1. The van der Waals surface area contributed by atoms with Gasteiger partial charge < -0.3 is 29.2 Å². The number of alkyl halides is 2. The Morgan fingerprint density at radius 2 is 1.78 bits per heavy atom. The second-order valence-electron chi connectivity index (χ2n) is 8.84. The third-order valence-corrected chi connectivity index (χ3v) is 6.10. The molecule has 4 rings (SSSR count). The van der Waals surface area contributed by atoms with Crippen molar-refractivity contribution in [1.82, 2.24) is 4.98 Å². The van der Waals surface area contributed by atoms with Crippen molar-refractivity contribution in [2.75, 3.05) is 13.2 Å². The minimum atomic E-state index is -3.15. The first-order chi connectivity index (χ1) is 17.7. The van der Waals surface area contributed by atoms with Gasteiger partial charge in [-0.25, -0.2) is 4.98 Å². The number of hydrogen-bond acceptors (Lipinski definition) is 7. The number of hydrogen-bond donors (Lipinski definition) is 2. The number of benzene rings is 2. The summed E-state index contributed by atoms with van der Waals surface area (Å²) in [5, 5.41) is 20.2. The van der Waals surface area contributed by atoms with Gasteiger partial charge >= 0.3 is 0 Å². The predicted octanol–water partition coefficient (Wildman–Crippen LogP) is 4.79. The van der Waals surface area contributed by atoms with Crippen molar-refractivity contribution in [2.24, 2.45) is 5.92 Å². The SMILES string of the molecule is C=C(O)c1ccc(-c2ccc(OC[C@H]3OC[C@H](Oc4cccc(C(C)(F)F)n4)[C@@H](C=O)[C@H]3O)cc2)cc1. The van der Waals surface area contributed by atoms with Crippen LogP contribution in [0.3, 0.4) is 0 Å². The number of aldehydes is 1. The maximum Gasteiger partial charge on any atom is 0.287 e. The highest BCUT2D eigenvalue weighted by Crippen LogP contribution is 2.29. The Kier molecular flexibility index (Phi) is 7.85. The molecule has 1 aromatic heterocycles. The number of pyridine rings is 1. The second-order valence-corrected chi connectivity index (χ2v) is 8.84. The van der Waals surface area contributed by atoms with Crippen molar-refractivity contribution >= 4 is 12.0 Å². The van der Waals surface area contributed by atoms with Gasteiger partial charge in [-0.2, -0.15) is 8.78 Å². The lowest BCUT2D eigenvalue weighted by molar-refractivity contribution is -0.164. The summed E-state index contributed by atoms with van der Waals surface area (Å²) in [7, 11) is 0. The van der Waals surface area contributed by atoms with E-state index in [1.54, 1.807) is 24.3 Å². The first kappa shape index (κ1) is 26.2. The summed E-state index contributed by atoms with van der Waals surface area (Å²) < 4.78 is 44.3. The summed E-state index contributed by atoms with van der Waals surface area (Å²) in [6.45, 7) is 4.16. The number of nitrogens with zero attached hydrogens (tertiary/aromatic N) is 1. The van der Waals surface area contributed by atoms with E-state index >= 15 is 0 Å². The first-order valence-electron chi connectivity index (χ1n) is 11.6. The second kappa shape index (κ2) is 11.1. The van der Waals surface area contributed by atoms with Gasteiger partial charge in [0.2, 0.25) is 5.88 Å². The summed E-state index contributed by atoms with van der Waals surface area (Å²) >= 11 is 0. The molecule has 0 saturated carbocycles. The standard InChI is InChI=1S/C28H27F2NO6/c1-17(33)18-6-8-19(9-7-18)20-10-12-21(13-11-20)35-16-24-27(34)22(14-32)23(15-36-24)37-26-5-3-4-25(31-26)28(2,29)30/h3-14,22-24,27,33-34H,1,15-16H2,2H3/t22-,23+,24-,27-/m1/s1. The zero-order valence-electron chi connectivity index (χ0n) is 20.1. The van der Waals surface area contributed by atoms with Crippen LogP contribution in [0, 0.1) is 5.92 Å². The van der Waals surface area contributed by atoms with Gasteiger partial charge in [-0.05, 0) is 29.3 Å². The Morgan fingerprint density at radius 1 is 1.14 bits per heavy atom. The molecule has 0 unspecified atom stereocenters. The molecule has 4 atom stereocenters. The topological polar surface area (TPSA) is 98.1 Å². The van der Waals surface area contributed by atoms with Gasteiger partial charge in [0.15, 0.2) is 0 Å². The van der Waals surface area contributed by atoms with Crippen LogP contribution in [0.4, 0.5) is 8.78 Å². The molecule has 2 N–H and O–H groups in total. The molecule has 194 valence electrons. The van der Waals surface area contributed by atoms with E-state index in [4.69, 9.17) is 14.2 Å². The average molecular weight is 512 g/mol. The molecule has 1 aliphatic heterocycles. The Morgan fingerprint density at radius 3 is 2.38 bits per heavy atom. The average Bonchev–Trinajstić information content (AvgIpc) is 2.88. The quantitative estimate of drug-likeness (QED) is 0.315. The van der Waals surface area contributed by atoms with Crippen molar-refractivity contribution in [3.63, 3.8) is 0 Å². The Bertz CT molecular complexity index is 1230. The van der Waals surface area contributed by atoms with E-state index in [0.29, 0.717) is 17.6 Å². The molecule has 3 aromatic rings. The number of aliphatic hydroxyl groups excluding tert-OH is 2. The van der Waals surface area contributed by atoms with Crippen LogP contribution in [-0.4, -0.2) is 53.0 Å². The van der Waals surface area contributed by atoms with E-state index in [1.165, 1.54) is 18.2 Å². The highest BCUT2D eigenvalue weighted by molar-refractivity contribution is 5.67. The molecule has 0 bridgehead atoms. The molecule has 0 amide bonds. The molecule has 1 aliphatic rings. The van der Waals surface area contributed by atoms with Crippen LogP contribution in [-0.2, 0) is 15.5 Å². The van der Waals surface area contributed by atoms with E-state index in [9.17, 15) is 23.8 Å². The number of ether oxygens (including phenoxy) is 3. The summed E-state index contributed by atoms with van der Waals surface area (Å²) in [4.78, 5) is 15.6. The first-order valence-corrected chi connectivity index (χ1v) is 11.6. The zero-order valence-corrected chi connectivity index (χ0v) is 20.1. The van der Waals surface area contributed by atoms with Crippen molar-refractivity contribution < 1.29 is 38.0 Å². The molecule has 0 aliphatic carbocycles. The van der Waals surface area contributed by atoms with Gasteiger partial charge in [0.25, 0.3) is 5.92 Å². The van der Waals surface area contributed by atoms with Crippen LogP contribution < -0.4 is 9.47 Å². The van der Waals surface area contributed by atoms with E-state index in [2.05, 4.69) is 11.6 Å². The zero-order chi connectivity index (χ0) is 26.6. The molecule has 2 aromatic carbocycles. The van der Waals surface area contributed by atoms with Gasteiger partial charge in [-0.3, -0.25) is 0 Å². The lowest BCUT2D eigenvalue weighted by Crippen LogP contribution is -2.53. The molecular weight excluding hydrogens is 484 g/mol. The third kappa shape index (κ3) is 6.31. The smallest absolute Gasteiger partial charge is 0.287 e. The Hall–Kier alpha value is -3.82. The van der Waals surface area contributed by atoms with E-state index < -0.39 is 35.8 Å². The molecule has 0 spiro atoms. The summed E-state index contributed by atoms with van der Waals surface area (Å²) in [6, 6.07) is 18.5. The van der Waals surface area contributed by atoms with Crippen molar-refractivity contribution in [3.8, 4) is 22.8 Å². The molecular formula is C28H27F2NO6. The Balaban J connectivity index is 1.35. The normalized spacial score (nSPS) is 21.7. The summed E-state index contributed by atoms with van der Waals surface area (Å²) in [5.74, 6) is -3.65. The van der Waals surface area contributed by atoms with Gasteiger partial charge in [0, 0.05) is 18.6 Å². The van der Waals surface area contributed by atoms with Crippen LogP contribution >= 0.6 is 0 Å². The highest BCUT2D eigenvalue weighted by Gasteiger charge is 2.41. The minimum absolute atomic E-state index is 0.00383. The van der Waals surface area contributed by atoms with Gasteiger partial charge in [-0.15, -0.1) is 0 Å². The molecule has 37 heavy (non-hydrogen) atoms. The number of carbonyl (C=O) groups is 1. The largest absolute Gasteiger partial charge is 0.508 e. The molecule has 1 fully saturated rings. The molecule has 0 radical (unpaired) electrons. The number of aromatic nitrogens is 1. The van der Waals surface area contributed by atoms with Crippen molar-refractivity contribution in [3.05, 3.63) is 84.6 Å². The van der Waals surface area contributed by atoms with Gasteiger partial charge in [0.05, 0.1) is 18.6 Å². The monoisotopic (exact) mass is 511 g/mol. The maximum atomic E-state index is 13.6. The van der Waals surface area contributed by atoms with Crippen molar-refractivity contribution in [2.45, 2.75) is 31.2 Å². The lowest BCUT2D eigenvalue weighted by atomic mass is 9.91. The van der Waals surface area contributed by atoms with Crippen LogP contribution in [0.5, 0.6) is 11.6 Å². The summed E-state index contributed by atoms with van der Waals surface area (Å²) in [5.41, 5.74) is 2.07. The number of halogens is 2. The van der Waals surface area contributed by atoms with Gasteiger partial charge in [0.1, 0.15) is 42.3 Å². The van der Waals surface area contributed by atoms with Crippen LogP contribution in [0.25, 0.3) is 16.9 Å². The predicted molar refractivity (Wildman–Crippen MR) is 133 cm³/mol. The number of aliphatic hydroxyl groups is 2. The van der Waals surface area contributed by atoms with Crippen LogP contribution in [0.15, 0.2) is 73.3 Å². The molecule has 7 nitrogen and oxygen atoms in total. The van der Waals surface area contributed by atoms with Gasteiger partial charge in [-0.1, -0.05) is 49.0 Å². The molecule has 9 heteroatoms.